The molecule has 0 unspecified atom stereocenters. The van der Waals surface area contributed by atoms with Gasteiger partial charge in [0.05, 0.1) is 13.0 Å². The van der Waals surface area contributed by atoms with Crippen molar-refractivity contribution in [3.63, 3.8) is 0 Å². The van der Waals surface area contributed by atoms with E-state index in [4.69, 9.17) is 52.6 Å². The molecule has 0 saturated carbocycles. The van der Waals surface area contributed by atoms with Crippen molar-refractivity contribution in [2.75, 3.05) is 13.9 Å². The minimum absolute atomic E-state index is 0.0375. The van der Waals surface area contributed by atoms with Crippen LogP contribution < -0.4 is 29.4 Å². The summed E-state index contributed by atoms with van der Waals surface area (Å²) in [6.45, 7) is 0.347. The molecule has 2 aliphatic heterocycles. The Bertz CT molecular complexity index is 1370. The Labute approximate surface area is 205 Å². The number of benzene rings is 3. The number of hydrogen-bond donors (Lipinski definition) is 1. The molecule has 9 heteroatoms. The van der Waals surface area contributed by atoms with E-state index >= 15 is 0 Å². The fourth-order valence-electron chi connectivity index (χ4n) is 3.97. The monoisotopic (exact) mass is 496 g/mol. The normalized spacial score (nSPS) is 15.9. The number of allylic oxidation sites excluding steroid dienone is 1. The third-order valence-corrected chi connectivity index (χ3v) is 6.22. The second kappa shape index (κ2) is 8.90. The Balaban J connectivity index is 1.50. The van der Waals surface area contributed by atoms with Gasteiger partial charge in [-0.15, -0.1) is 0 Å². The molecule has 34 heavy (non-hydrogen) atoms. The number of nitrogens with zero attached hydrogens (tertiary/aromatic N) is 1. The number of rotatable bonds is 5. The van der Waals surface area contributed by atoms with Crippen LogP contribution in [0, 0.1) is 11.3 Å². The first-order valence-electron chi connectivity index (χ1n) is 10.2. The van der Waals surface area contributed by atoms with Gasteiger partial charge in [-0.05, 0) is 35.9 Å². The van der Waals surface area contributed by atoms with Crippen molar-refractivity contribution in [3.05, 3.63) is 86.7 Å². The molecule has 0 spiro atoms. The van der Waals surface area contributed by atoms with Gasteiger partial charge in [-0.1, -0.05) is 35.3 Å². The molecule has 3 aromatic carbocycles. The van der Waals surface area contributed by atoms with Gasteiger partial charge in [0, 0.05) is 27.2 Å². The second-order valence-corrected chi connectivity index (χ2v) is 8.45. The molecule has 172 valence electrons. The Hall–Kier alpha value is -3.73. The van der Waals surface area contributed by atoms with Crippen LogP contribution in [0.2, 0.25) is 10.0 Å². The highest BCUT2D eigenvalue weighted by Crippen LogP contribution is 2.48. The lowest BCUT2D eigenvalue weighted by atomic mass is 9.83. The summed E-state index contributed by atoms with van der Waals surface area (Å²) >= 11 is 12.2. The van der Waals surface area contributed by atoms with E-state index in [2.05, 4.69) is 6.07 Å². The van der Waals surface area contributed by atoms with Crippen molar-refractivity contribution in [2.45, 2.75) is 12.5 Å². The molecular formula is C25H18Cl2N2O5. The first-order valence-corrected chi connectivity index (χ1v) is 11.0. The highest BCUT2D eigenvalue weighted by Gasteiger charge is 2.33. The SMILES string of the molecule is COc1cc([C@@H]2C(C#N)=C(N)Oc3cc4c(cc32)OCO4)ccc1OCc1ccc(Cl)cc1Cl. The molecule has 2 aliphatic rings. The molecule has 0 fully saturated rings. The van der Waals surface area contributed by atoms with Crippen LogP contribution in [0.5, 0.6) is 28.7 Å². The summed E-state index contributed by atoms with van der Waals surface area (Å²) in [5.74, 6) is 2.21. The molecule has 7 nitrogen and oxygen atoms in total. The summed E-state index contributed by atoms with van der Waals surface area (Å²) in [6, 6.07) is 16.4. The fourth-order valence-corrected chi connectivity index (χ4v) is 4.43. The smallest absolute Gasteiger partial charge is 0.231 e. The number of hydrogen-bond acceptors (Lipinski definition) is 7. The maximum Gasteiger partial charge on any atom is 0.231 e. The first-order chi connectivity index (χ1) is 16.5. The van der Waals surface area contributed by atoms with Gasteiger partial charge < -0.3 is 29.4 Å². The van der Waals surface area contributed by atoms with E-state index in [0.29, 0.717) is 38.8 Å². The molecule has 0 saturated heterocycles. The van der Waals surface area contributed by atoms with Gasteiger partial charge in [-0.2, -0.15) is 5.26 Å². The summed E-state index contributed by atoms with van der Waals surface area (Å²) < 4.78 is 28.2. The van der Waals surface area contributed by atoms with Crippen LogP contribution in [0.3, 0.4) is 0 Å². The first kappa shape index (κ1) is 22.1. The summed E-state index contributed by atoms with van der Waals surface area (Å²) in [4.78, 5) is 0. The van der Waals surface area contributed by atoms with Crippen LogP contribution in [0.1, 0.15) is 22.6 Å². The third kappa shape index (κ3) is 3.92. The van der Waals surface area contributed by atoms with Crippen molar-refractivity contribution in [1.29, 1.82) is 5.26 Å². The Morgan fingerprint density at radius 3 is 2.56 bits per heavy atom. The lowest BCUT2D eigenvalue weighted by Gasteiger charge is -2.27. The molecule has 0 aliphatic carbocycles. The highest BCUT2D eigenvalue weighted by molar-refractivity contribution is 6.35. The Kier molecular flexibility index (Phi) is 5.78. The zero-order valence-electron chi connectivity index (χ0n) is 17.9. The van der Waals surface area contributed by atoms with Crippen LogP contribution in [-0.4, -0.2) is 13.9 Å². The van der Waals surface area contributed by atoms with E-state index in [-0.39, 0.29) is 24.9 Å². The van der Waals surface area contributed by atoms with Gasteiger partial charge in [0.25, 0.3) is 0 Å². The van der Waals surface area contributed by atoms with Gasteiger partial charge in [0.1, 0.15) is 24.0 Å². The van der Waals surface area contributed by atoms with E-state index in [1.807, 2.05) is 24.3 Å². The highest BCUT2D eigenvalue weighted by atomic mass is 35.5. The molecule has 0 aromatic heterocycles. The van der Waals surface area contributed by atoms with Crippen LogP contribution >= 0.6 is 23.2 Å². The summed E-state index contributed by atoms with van der Waals surface area (Å²) in [7, 11) is 1.55. The number of ether oxygens (including phenoxy) is 5. The molecule has 0 bridgehead atoms. The van der Waals surface area contributed by atoms with Gasteiger partial charge in [-0.25, -0.2) is 0 Å². The summed E-state index contributed by atoms with van der Waals surface area (Å²) in [5, 5.41) is 10.9. The molecule has 3 aromatic rings. The maximum absolute atomic E-state index is 9.85. The van der Waals surface area contributed by atoms with Crippen molar-refractivity contribution in [3.8, 4) is 34.8 Å². The molecule has 0 radical (unpaired) electrons. The van der Waals surface area contributed by atoms with Crippen LogP contribution in [0.4, 0.5) is 0 Å². The standard InChI is InChI=1S/C25H18Cl2N2O5/c1-30-21-6-13(3-5-19(21)31-11-14-2-4-15(26)7-18(14)27)24-16-8-22-23(33-12-32-22)9-20(16)34-25(29)17(24)10-28/h2-9,24H,11-12,29H2,1H3/t24-/m0/s1. The van der Waals surface area contributed by atoms with E-state index in [1.165, 1.54) is 0 Å². The number of fused-ring (bicyclic) bond motifs is 2. The number of nitriles is 1. The summed E-state index contributed by atoms with van der Waals surface area (Å²) in [5.41, 5.74) is 8.68. The van der Waals surface area contributed by atoms with E-state index in [9.17, 15) is 5.26 Å². The van der Waals surface area contributed by atoms with Crippen molar-refractivity contribution in [2.24, 2.45) is 5.73 Å². The fraction of sp³-hybridized carbons (Fsp3) is 0.160. The quantitative estimate of drug-likeness (QED) is 0.495. The lowest BCUT2D eigenvalue weighted by molar-refractivity contribution is 0.174. The molecule has 0 amide bonds. The zero-order valence-corrected chi connectivity index (χ0v) is 19.4. The maximum atomic E-state index is 9.85. The zero-order chi connectivity index (χ0) is 23.8. The predicted molar refractivity (Wildman–Crippen MR) is 126 cm³/mol. The van der Waals surface area contributed by atoms with Crippen LogP contribution in [-0.2, 0) is 6.61 Å². The van der Waals surface area contributed by atoms with Gasteiger partial charge in [-0.3, -0.25) is 0 Å². The average molecular weight is 497 g/mol. The van der Waals surface area contributed by atoms with E-state index in [0.717, 1.165) is 16.7 Å². The van der Waals surface area contributed by atoms with Gasteiger partial charge in [0.15, 0.2) is 23.0 Å². The Morgan fingerprint density at radius 2 is 1.82 bits per heavy atom. The van der Waals surface area contributed by atoms with Gasteiger partial charge in [0.2, 0.25) is 12.7 Å². The van der Waals surface area contributed by atoms with E-state index in [1.54, 1.807) is 31.4 Å². The third-order valence-electron chi connectivity index (χ3n) is 5.63. The van der Waals surface area contributed by atoms with Gasteiger partial charge >= 0.3 is 0 Å². The van der Waals surface area contributed by atoms with E-state index < -0.39 is 5.92 Å². The Morgan fingerprint density at radius 1 is 1.03 bits per heavy atom. The second-order valence-electron chi connectivity index (χ2n) is 7.60. The topological polar surface area (TPSA) is 96.0 Å². The van der Waals surface area contributed by atoms with Crippen molar-refractivity contribution in [1.82, 2.24) is 0 Å². The molecule has 2 heterocycles. The largest absolute Gasteiger partial charge is 0.493 e. The predicted octanol–water partition coefficient (Wildman–Crippen LogP) is 5.53. The lowest BCUT2D eigenvalue weighted by Crippen LogP contribution is -2.21. The minimum Gasteiger partial charge on any atom is -0.493 e. The number of halogens is 2. The minimum atomic E-state index is -0.489. The molecule has 1 atom stereocenters. The van der Waals surface area contributed by atoms with Crippen molar-refractivity contribution >= 4 is 23.2 Å². The summed E-state index contributed by atoms with van der Waals surface area (Å²) in [6.07, 6.45) is 0. The van der Waals surface area contributed by atoms with Crippen LogP contribution in [0.25, 0.3) is 0 Å². The van der Waals surface area contributed by atoms with Crippen molar-refractivity contribution < 1.29 is 23.7 Å². The molecule has 2 N–H and O–H groups in total. The van der Waals surface area contributed by atoms with Crippen LogP contribution in [0.15, 0.2) is 60.0 Å². The average Bonchev–Trinajstić information content (AvgIpc) is 3.28. The molecular weight excluding hydrogens is 479 g/mol. The number of nitrogens with two attached hydrogens (primary N) is 1. The molecule has 5 rings (SSSR count). The number of methoxy groups -OCH3 is 1.